The van der Waals surface area contributed by atoms with Crippen LogP contribution in [0.1, 0.15) is 32.8 Å². The summed E-state index contributed by atoms with van der Waals surface area (Å²) < 4.78 is 83.6. The third kappa shape index (κ3) is 6.18. The fourth-order valence-electron chi connectivity index (χ4n) is 2.81. The first-order chi connectivity index (χ1) is 13.8. The summed E-state index contributed by atoms with van der Waals surface area (Å²) in [5.41, 5.74) is 0.959. The van der Waals surface area contributed by atoms with Gasteiger partial charge in [-0.2, -0.15) is 0 Å². The summed E-state index contributed by atoms with van der Waals surface area (Å²) in [7, 11) is 0. The highest BCUT2D eigenvalue weighted by molar-refractivity contribution is 7.97. The zero-order valence-electron chi connectivity index (χ0n) is 16.6. The molecule has 9 heteroatoms. The molecule has 0 aliphatic carbocycles. The second-order valence-electron chi connectivity index (χ2n) is 8.01. The first kappa shape index (κ1) is 24.6. The summed E-state index contributed by atoms with van der Waals surface area (Å²) in [5, 5.41) is 0.0689. The van der Waals surface area contributed by atoms with Crippen molar-refractivity contribution in [1.82, 2.24) is 4.31 Å². The van der Waals surface area contributed by atoms with Crippen molar-refractivity contribution in [3.8, 4) is 0 Å². The van der Waals surface area contributed by atoms with Crippen LogP contribution in [0, 0.1) is 40.3 Å². The molecule has 0 radical (unpaired) electrons. The maximum Gasteiger partial charge on any atom is 0.200 e. The van der Waals surface area contributed by atoms with Crippen molar-refractivity contribution >= 4 is 23.5 Å². The average Bonchev–Trinajstić information content (AvgIpc) is 2.62. The fraction of sp³-hybridized carbons (Fsp3) is 0.333. The van der Waals surface area contributed by atoms with Gasteiger partial charge in [-0.05, 0) is 41.5 Å². The van der Waals surface area contributed by atoms with Gasteiger partial charge in [0.2, 0.25) is 5.82 Å². The topological polar surface area (TPSA) is 3.24 Å². The monoisotopic (exact) mass is 467 g/mol. The van der Waals surface area contributed by atoms with Gasteiger partial charge in [-0.15, -0.1) is 0 Å². The maximum absolute atomic E-state index is 14.2. The molecule has 0 atom stereocenters. The van der Waals surface area contributed by atoms with Crippen molar-refractivity contribution in [2.75, 3.05) is 6.54 Å². The zero-order chi connectivity index (χ0) is 22.8. The van der Waals surface area contributed by atoms with Crippen LogP contribution < -0.4 is 0 Å². The van der Waals surface area contributed by atoms with Crippen LogP contribution in [0.2, 0.25) is 5.02 Å². The van der Waals surface area contributed by atoms with Crippen LogP contribution in [0.3, 0.4) is 0 Å². The van der Waals surface area contributed by atoms with Crippen molar-refractivity contribution in [2.45, 2.75) is 38.6 Å². The van der Waals surface area contributed by atoms with Crippen molar-refractivity contribution in [3.05, 3.63) is 75.8 Å². The molecule has 0 N–H and O–H groups in total. The minimum atomic E-state index is -2.22. The van der Waals surface area contributed by atoms with Crippen LogP contribution in [0.5, 0.6) is 0 Å². The molecule has 2 aromatic carbocycles. The first-order valence-corrected chi connectivity index (χ1v) is 10.00. The summed E-state index contributed by atoms with van der Waals surface area (Å²) in [4.78, 5) is -1.03. The van der Waals surface area contributed by atoms with E-state index in [1.54, 1.807) is 0 Å². The van der Waals surface area contributed by atoms with Gasteiger partial charge >= 0.3 is 0 Å². The third-order valence-corrected chi connectivity index (χ3v) is 5.34. The SMILES string of the molecule is C=C(CN(Cc1ccc(F)cc1Cl)Sc1c(F)c(F)c(F)c(F)c1F)CC(C)(C)C. The van der Waals surface area contributed by atoms with E-state index in [0.717, 1.165) is 12.1 Å². The van der Waals surface area contributed by atoms with E-state index in [1.807, 2.05) is 20.8 Å². The van der Waals surface area contributed by atoms with Crippen LogP contribution in [0.15, 0.2) is 35.2 Å². The summed E-state index contributed by atoms with van der Waals surface area (Å²) in [6.07, 6.45) is 0.554. The molecule has 0 aromatic heterocycles. The van der Waals surface area contributed by atoms with E-state index in [0.29, 0.717) is 29.5 Å². The molecule has 2 rings (SSSR count). The van der Waals surface area contributed by atoms with Gasteiger partial charge in [-0.25, -0.2) is 30.6 Å². The van der Waals surface area contributed by atoms with E-state index in [1.165, 1.54) is 10.4 Å². The van der Waals surface area contributed by atoms with Gasteiger partial charge in [0.1, 0.15) is 10.7 Å². The van der Waals surface area contributed by atoms with Crippen molar-refractivity contribution in [3.63, 3.8) is 0 Å². The first-order valence-electron chi connectivity index (χ1n) is 8.85. The van der Waals surface area contributed by atoms with E-state index in [-0.39, 0.29) is 23.5 Å². The quantitative estimate of drug-likeness (QED) is 0.135. The molecular weight excluding hydrogens is 448 g/mol. The normalized spacial score (nSPS) is 12.0. The Hall–Kier alpha value is -1.64. The lowest BCUT2D eigenvalue weighted by atomic mass is 9.88. The van der Waals surface area contributed by atoms with E-state index in [4.69, 9.17) is 11.6 Å². The highest BCUT2D eigenvalue weighted by Gasteiger charge is 2.28. The second kappa shape index (κ2) is 9.66. The van der Waals surface area contributed by atoms with Gasteiger partial charge in [0.05, 0.1) is 0 Å². The molecule has 0 fully saturated rings. The predicted molar refractivity (Wildman–Crippen MR) is 107 cm³/mol. The van der Waals surface area contributed by atoms with Gasteiger partial charge < -0.3 is 0 Å². The lowest BCUT2D eigenvalue weighted by Gasteiger charge is -2.26. The Bertz CT molecular complexity index is 928. The van der Waals surface area contributed by atoms with E-state index in [2.05, 4.69) is 6.58 Å². The molecule has 1 nitrogen and oxygen atoms in total. The van der Waals surface area contributed by atoms with Crippen LogP contribution in [-0.2, 0) is 6.54 Å². The molecule has 0 aliphatic heterocycles. The minimum absolute atomic E-state index is 0.0492. The average molecular weight is 468 g/mol. The van der Waals surface area contributed by atoms with E-state index >= 15 is 0 Å². The fourth-order valence-corrected chi connectivity index (χ4v) is 4.09. The molecule has 0 bridgehead atoms. The Morgan fingerprint density at radius 3 is 2.00 bits per heavy atom. The largest absolute Gasteiger partial charge is 0.238 e. The molecule has 164 valence electrons. The molecule has 0 saturated heterocycles. The highest BCUT2D eigenvalue weighted by Crippen LogP contribution is 2.36. The molecular formula is C21H20ClF6NS. The number of halogens is 7. The third-order valence-electron chi connectivity index (χ3n) is 3.93. The molecule has 0 spiro atoms. The predicted octanol–water partition coefficient (Wildman–Crippen LogP) is 7.68. The molecule has 0 aliphatic rings. The number of rotatable bonds is 7. The standard InChI is InChI=1S/C21H20ClF6NS/c1-11(8-21(2,3)4)9-29(10-12-5-6-13(23)7-14(12)22)30-20-18(27)16(25)15(24)17(26)19(20)28/h5-7H,1,8-10H2,2-4H3. The lowest BCUT2D eigenvalue weighted by molar-refractivity contribution is 0.358. The lowest BCUT2D eigenvalue weighted by Crippen LogP contribution is -2.21. The summed E-state index contributed by atoms with van der Waals surface area (Å²) in [6, 6.07) is 3.62. The molecule has 0 heterocycles. The van der Waals surface area contributed by atoms with E-state index < -0.39 is 39.8 Å². The van der Waals surface area contributed by atoms with Gasteiger partial charge in [-0.3, -0.25) is 0 Å². The number of nitrogens with zero attached hydrogens (tertiary/aromatic N) is 1. The van der Waals surface area contributed by atoms with Crippen LogP contribution in [0.25, 0.3) is 0 Å². The molecule has 30 heavy (non-hydrogen) atoms. The Kier molecular flexibility index (Phi) is 7.93. The number of hydrogen-bond acceptors (Lipinski definition) is 2. The molecule has 0 unspecified atom stereocenters. The van der Waals surface area contributed by atoms with E-state index in [9.17, 15) is 26.3 Å². The summed E-state index contributed by atoms with van der Waals surface area (Å²) in [6.45, 7) is 9.89. The van der Waals surface area contributed by atoms with Crippen LogP contribution in [-0.4, -0.2) is 10.8 Å². The van der Waals surface area contributed by atoms with Crippen LogP contribution >= 0.6 is 23.5 Å². The van der Waals surface area contributed by atoms with Crippen LogP contribution in [0.4, 0.5) is 26.3 Å². The number of hydrogen-bond donors (Lipinski definition) is 0. The summed E-state index contributed by atoms with van der Waals surface area (Å²) >= 11 is 6.40. The van der Waals surface area contributed by atoms with Gasteiger partial charge in [0, 0.05) is 18.1 Å². The van der Waals surface area contributed by atoms with Crippen molar-refractivity contribution in [1.29, 1.82) is 0 Å². The zero-order valence-corrected chi connectivity index (χ0v) is 18.1. The minimum Gasteiger partial charge on any atom is -0.238 e. The van der Waals surface area contributed by atoms with Gasteiger partial charge in [0.15, 0.2) is 23.3 Å². The van der Waals surface area contributed by atoms with Crippen molar-refractivity contribution < 1.29 is 26.3 Å². The molecule has 0 amide bonds. The Labute approximate surface area is 180 Å². The Balaban J connectivity index is 2.40. The molecule has 0 saturated carbocycles. The maximum atomic E-state index is 14.2. The highest BCUT2D eigenvalue weighted by atomic mass is 35.5. The number of benzene rings is 2. The smallest absolute Gasteiger partial charge is 0.200 e. The van der Waals surface area contributed by atoms with Crippen molar-refractivity contribution in [2.24, 2.45) is 5.41 Å². The van der Waals surface area contributed by atoms with Gasteiger partial charge in [0.25, 0.3) is 0 Å². The second-order valence-corrected chi connectivity index (χ2v) is 9.53. The molecule has 2 aromatic rings. The van der Waals surface area contributed by atoms with Gasteiger partial charge in [-0.1, -0.05) is 50.6 Å². The Morgan fingerprint density at radius 2 is 1.50 bits per heavy atom. The summed E-state index contributed by atoms with van der Waals surface area (Å²) in [5.74, 6) is -10.7. The Morgan fingerprint density at radius 1 is 0.967 bits per heavy atom.